The number of sulfonamides is 1. The predicted molar refractivity (Wildman–Crippen MR) is 203 cm³/mol. The van der Waals surface area contributed by atoms with Gasteiger partial charge in [-0.05, 0) is 74.4 Å². The Labute approximate surface area is 328 Å². The maximum absolute atomic E-state index is 15.6. The van der Waals surface area contributed by atoms with Gasteiger partial charge in [-0.25, -0.2) is 22.2 Å². The molecule has 19 heteroatoms. The van der Waals surface area contributed by atoms with Gasteiger partial charge < -0.3 is 15.7 Å². The van der Waals surface area contributed by atoms with Gasteiger partial charge in [-0.1, -0.05) is 23.6 Å². The average molecular weight is 827 g/mol. The molecule has 2 aliphatic carbocycles. The van der Waals surface area contributed by atoms with Crippen LogP contribution in [0.5, 0.6) is 0 Å². The van der Waals surface area contributed by atoms with Crippen LogP contribution in [-0.2, 0) is 45.5 Å². The van der Waals surface area contributed by atoms with Gasteiger partial charge in [-0.2, -0.15) is 19.0 Å². The quantitative estimate of drug-likeness (QED) is 0.105. The first-order chi connectivity index (χ1) is 26.6. The van der Waals surface area contributed by atoms with Crippen molar-refractivity contribution >= 4 is 56.0 Å². The lowest BCUT2D eigenvalue weighted by Gasteiger charge is -2.23. The molecule has 0 bridgehead atoms. The van der Waals surface area contributed by atoms with E-state index in [4.69, 9.17) is 16.6 Å². The largest absolute Gasteiger partial charge is 0.378 e. The Balaban J connectivity index is 1.38. The SMILES string of the molecule is CC(=O)Nc1nn(CC(=O)NC(Cc2cc(F)cc(F)c2)c2nc(C#CC(C)(C)O)ccc2-c2ccc(Cl)c3c(NS(C)(=O)=O)nn(C)c23)c2c1C1CC1C2(F)F. The lowest BCUT2D eigenvalue weighted by molar-refractivity contribution is -0.123. The summed E-state index contributed by atoms with van der Waals surface area (Å²) in [5.41, 5.74) is -0.373. The molecule has 13 nitrogen and oxygen atoms in total. The summed E-state index contributed by atoms with van der Waals surface area (Å²) in [5.74, 6) is -2.65. The van der Waals surface area contributed by atoms with Crippen molar-refractivity contribution in [3.8, 4) is 23.0 Å². The minimum Gasteiger partial charge on any atom is -0.378 e. The number of pyridine rings is 1. The van der Waals surface area contributed by atoms with Gasteiger partial charge in [-0.3, -0.25) is 23.7 Å². The minimum atomic E-state index is -3.81. The van der Waals surface area contributed by atoms with Crippen LogP contribution in [-0.4, -0.2) is 61.7 Å². The number of halogens is 5. The lowest BCUT2D eigenvalue weighted by atomic mass is 9.93. The number of nitrogens with zero attached hydrogens (tertiary/aromatic N) is 5. The molecular weight excluding hydrogens is 792 g/mol. The third kappa shape index (κ3) is 8.04. The Morgan fingerprint density at radius 1 is 1.09 bits per heavy atom. The molecule has 3 unspecified atom stereocenters. The van der Waals surface area contributed by atoms with E-state index in [1.165, 1.54) is 37.6 Å². The number of carbonyl (C=O) groups is 2. The Kier molecular flexibility index (Phi) is 9.86. The van der Waals surface area contributed by atoms with Crippen LogP contribution in [0.4, 0.5) is 29.2 Å². The average Bonchev–Trinajstić information content (AvgIpc) is 3.64. The number of carbonyl (C=O) groups excluding carboxylic acids is 2. The summed E-state index contributed by atoms with van der Waals surface area (Å²) in [5, 5.41) is 24.6. The molecule has 298 valence electrons. The fourth-order valence-corrected chi connectivity index (χ4v) is 8.03. The summed E-state index contributed by atoms with van der Waals surface area (Å²) >= 11 is 6.60. The highest BCUT2D eigenvalue weighted by Crippen LogP contribution is 2.68. The van der Waals surface area contributed by atoms with Crippen LogP contribution in [0, 0.1) is 29.4 Å². The van der Waals surface area contributed by atoms with Crippen LogP contribution < -0.4 is 15.4 Å². The van der Waals surface area contributed by atoms with Crippen LogP contribution in [0.1, 0.15) is 67.4 Å². The maximum Gasteiger partial charge on any atom is 0.293 e. The highest BCUT2D eigenvalue weighted by molar-refractivity contribution is 7.92. The summed E-state index contributed by atoms with van der Waals surface area (Å²) in [7, 11) is -2.25. The Morgan fingerprint density at radius 3 is 2.42 bits per heavy atom. The van der Waals surface area contributed by atoms with E-state index in [0.717, 1.165) is 23.1 Å². The summed E-state index contributed by atoms with van der Waals surface area (Å²) in [6.45, 7) is 3.40. The fraction of sp³-hybridized carbons (Fsp3) is 0.342. The lowest BCUT2D eigenvalue weighted by Crippen LogP contribution is -2.35. The van der Waals surface area contributed by atoms with E-state index in [2.05, 4.69) is 37.4 Å². The third-order valence-electron chi connectivity index (χ3n) is 9.48. The molecule has 5 aromatic rings. The number of aliphatic hydroxyl groups is 1. The highest BCUT2D eigenvalue weighted by Gasteiger charge is 2.67. The molecule has 0 saturated heterocycles. The number of rotatable bonds is 10. The monoisotopic (exact) mass is 826 g/mol. The number of fused-ring (bicyclic) bond motifs is 4. The second-order valence-corrected chi connectivity index (χ2v) is 16.9. The van der Waals surface area contributed by atoms with Gasteiger partial charge in [-0.15, -0.1) is 0 Å². The Hall–Kier alpha value is -5.51. The number of aromatic nitrogens is 5. The zero-order valence-corrected chi connectivity index (χ0v) is 32.6. The van der Waals surface area contributed by atoms with Gasteiger partial charge in [0.2, 0.25) is 21.8 Å². The second kappa shape index (κ2) is 14.1. The normalized spacial score (nSPS) is 17.3. The molecular formula is C38H35ClF4N8O5S. The summed E-state index contributed by atoms with van der Waals surface area (Å²) in [4.78, 5) is 30.8. The van der Waals surface area contributed by atoms with E-state index in [-0.39, 0.29) is 57.4 Å². The molecule has 1 saturated carbocycles. The third-order valence-corrected chi connectivity index (χ3v) is 10.4. The van der Waals surface area contributed by atoms with Crippen LogP contribution in [0.2, 0.25) is 5.02 Å². The van der Waals surface area contributed by atoms with E-state index in [0.29, 0.717) is 22.7 Å². The smallest absolute Gasteiger partial charge is 0.293 e. The van der Waals surface area contributed by atoms with Crippen molar-refractivity contribution in [3.63, 3.8) is 0 Å². The molecule has 3 aromatic heterocycles. The second-order valence-electron chi connectivity index (χ2n) is 14.7. The van der Waals surface area contributed by atoms with E-state index in [1.54, 1.807) is 19.2 Å². The van der Waals surface area contributed by atoms with Crippen molar-refractivity contribution < 1.29 is 40.7 Å². The number of nitrogens with one attached hydrogen (secondary N) is 3. The first-order valence-electron chi connectivity index (χ1n) is 17.5. The molecule has 0 spiro atoms. The standard InChI is InChI=1S/C38H35ClF4N8O5S/c1-18(52)44-35-30-25-16-26(25)38(42,43)34(30)51(48-35)17-29(53)46-28(14-19-12-20(40)15-21(41)13-19)32-23(7-6-22(45-32)10-11-37(2,3)54)24-8-9-27(39)31-33(24)50(4)47-36(31)49-57(5,55)56/h6-9,12-13,15,25-26,28,54H,14,16-17H2,1-5H3,(H,46,53)(H,47,49)(H,44,48,52). The molecule has 1 fully saturated rings. The molecule has 3 atom stereocenters. The molecule has 4 N–H and O–H groups in total. The van der Waals surface area contributed by atoms with Gasteiger partial charge in [0, 0.05) is 42.6 Å². The molecule has 0 radical (unpaired) electrons. The maximum atomic E-state index is 15.6. The van der Waals surface area contributed by atoms with E-state index >= 15 is 8.78 Å². The summed E-state index contributed by atoms with van der Waals surface area (Å²) in [6, 6.07) is 7.84. The van der Waals surface area contributed by atoms with Crippen molar-refractivity contribution in [2.24, 2.45) is 13.0 Å². The molecule has 2 aliphatic rings. The molecule has 57 heavy (non-hydrogen) atoms. The van der Waals surface area contributed by atoms with Gasteiger partial charge in [0.05, 0.1) is 33.9 Å². The van der Waals surface area contributed by atoms with Gasteiger partial charge in [0.25, 0.3) is 5.92 Å². The number of aryl methyl sites for hydroxylation is 1. The van der Waals surface area contributed by atoms with Crippen molar-refractivity contribution in [1.82, 2.24) is 29.9 Å². The molecule has 0 aliphatic heterocycles. The van der Waals surface area contributed by atoms with Crippen LogP contribution in [0.15, 0.2) is 42.5 Å². The van der Waals surface area contributed by atoms with E-state index < -0.39 is 75.1 Å². The molecule has 2 amide bonds. The Bertz CT molecular complexity index is 2660. The zero-order valence-electron chi connectivity index (χ0n) is 31.0. The van der Waals surface area contributed by atoms with Gasteiger partial charge in [0.15, 0.2) is 11.6 Å². The van der Waals surface area contributed by atoms with Crippen LogP contribution in [0.3, 0.4) is 0 Å². The first kappa shape index (κ1) is 39.7. The topological polar surface area (TPSA) is 173 Å². The summed E-state index contributed by atoms with van der Waals surface area (Å²) < 4.78 is 89.4. The number of hydrogen-bond acceptors (Lipinski definition) is 8. The van der Waals surface area contributed by atoms with Gasteiger partial charge in [0.1, 0.15) is 35.2 Å². The van der Waals surface area contributed by atoms with Crippen molar-refractivity contribution in [1.29, 1.82) is 0 Å². The Morgan fingerprint density at radius 2 is 1.77 bits per heavy atom. The molecule has 2 aromatic carbocycles. The number of amides is 2. The summed E-state index contributed by atoms with van der Waals surface area (Å²) in [6.07, 6.45) is 0.879. The number of benzene rings is 2. The predicted octanol–water partition coefficient (Wildman–Crippen LogP) is 5.52. The number of hydrogen-bond donors (Lipinski definition) is 4. The highest BCUT2D eigenvalue weighted by atomic mass is 35.5. The van der Waals surface area contributed by atoms with Crippen LogP contribution in [0.25, 0.3) is 22.0 Å². The van der Waals surface area contributed by atoms with E-state index in [1.807, 2.05) is 0 Å². The minimum absolute atomic E-state index is 0.0588. The fourth-order valence-electron chi connectivity index (χ4n) is 7.30. The van der Waals surface area contributed by atoms with Crippen molar-refractivity contribution in [2.75, 3.05) is 16.3 Å². The zero-order chi connectivity index (χ0) is 41.4. The van der Waals surface area contributed by atoms with E-state index in [9.17, 15) is 31.9 Å². The first-order valence-corrected chi connectivity index (χ1v) is 19.8. The molecule has 7 rings (SSSR count). The number of anilines is 2. The van der Waals surface area contributed by atoms with Crippen LogP contribution >= 0.6 is 11.6 Å². The van der Waals surface area contributed by atoms with Crippen molar-refractivity contribution in [2.45, 2.75) is 63.6 Å². The number of alkyl halides is 2. The van der Waals surface area contributed by atoms with Gasteiger partial charge >= 0.3 is 0 Å². The van der Waals surface area contributed by atoms with Crippen molar-refractivity contribution in [3.05, 3.63) is 87.3 Å². The molecule has 3 heterocycles.